The summed E-state index contributed by atoms with van der Waals surface area (Å²) >= 11 is 0. The van der Waals surface area contributed by atoms with E-state index >= 15 is 0 Å². The first-order chi connectivity index (χ1) is 13.6. The van der Waals surface area contributed by atoms with Crippen molar-refractivity contribution >= 4 is 5.69 Å². The number of rotatable bonds is 6. The summed E-state index contributed by atoms with van der Waals surface area (Å²) in [6.07, 6.45) is 0. The Hall–Kier alpha value is -3.12. The van der Waals surface area contributed by atoms with Gasteiger partial charge in [-0.25, -0.2) is 4.39 Å². The van der Waals surface area contributed by atoms with Crippen molar-refractivity contribution in [2.75, 3.05) is 12.4 Å². The van der Waals surface area contributed by atoms with Gasteiger partial charge in [0.25, 0.3) is 0 Å². The van der Waals surface area contributed by atoms with Gasteiger partial charge in [-0.05, 0) is 35.4 Å². The molecule has 0 aliphatic carbocycles. The normalized spacial score (nSPS) is 10.0. The first-order valence-corrected chi connectivity index (χ1v) is 9.00. The number of nitrogens with one attached hydrogen (secondary N) is 1. The molecule has 0 aliphatic rings. The Morgan fingerprint density at radius 1 is 1.00 bits per heavy atom. The molecule has 0 bridgehead atoms. The van der Waals surface area contributed by atoms with Gasteiger partial charge in [-0.1, -0.05) is 32.0 Å². The molecule has 0 aliphatic heterocycles. The maximum atomic E-state index is 13.8. The number of ether oxygens (including phenoxy) is 1. The van der Waals surface area contributed by atoms with E-state index in [0.717, 1.165) is 16.8 Å². The van der Waals surface area contributed by atoms with E-state index in [2.05, 4.69) is 5.32 Å². The molecule has 28 heavy (non-hydrogen) atoms. The Morgan fingerprint density at radius 3 is 2.25 bits per heavy atom. The molecule has 0 spiro atoms. The van der Waals surface area contributed by atoms with E-state index in [1.807, 2.05) is 38.1 Å². The third kappa shape index (κ3) is 5.44. The van der Waals surface area contributed by atoms with E-state index < -0.39 is 5.82 Å². The SMILES string of the molecule is CC.COc1ccc(-c2ccc(NCc3cc(=O)cc(CO)o3)cc2)cc1F. The lowest BCUT2D eigenvalue weighted by atomic mass is 10.0. The minimum atomic E-state index is -0.411. The molecule has 0 saturated heterocycles. The fourth-order valence-corrected chi connectivity index (χ4v) is 2.57. The van der Waals surface area contributed by atoms with Crippen molar-refractivity contribution in [1.82, 2.24) is 0 Å². The lowest BCUT2D eigenvalue weighted by molar-refractivity contribution is 0.239. The zero-order chi connectivity index (χ0) is 20.5. The largest absolute Gasteiger partial charge is 0.494 e. The second-order valence-electron chi connectivity index (χ2n) is 5.66. The highest BCUT2D eigenvalue weighted by Gasteiger charge is 2.06. The van der Waals surface area contributed by atoms with Crippen molar-refractivity contribution in [2.24, 2.45) is 0 Å². The summed E-state index contributed by atoms with van der Waals surface area (Å²) < 4.78 is 24.1. The number of methoxy groups -OCH3 is 1. The maximum Gasteiger partial charge on any atom is 0.185 e. The van der Waals surface area contributed by atoms with Gasteiger partial charge in [0.05, 0.1) is 13.7 Å². The first kappa shape index (κ1) is 21.2. The molecule has 2 aromatic carbocycles. The maximum absolute atomic E-state index is 13.8. The number of anilines is 1. The second-order valence-corrected chi connectivity index (χ2v) is 5.66. The third-order valence-electron chi connectivity index (χ3n) is 3.86. The number of benzene rings is 2. The van der Waals surface area contributed by atoms with Gasteiger partial charge in [-0.2, -0.15) is 0 Å². The van der Waals surface area contributed by atoms with E-state index in [0.29, 0.717) is 12.3 Å². The molecule has 0 atom stereocenters. The summed E-state index contributed by atoms with van der Waals surface area (Å²) in [7, 11) is 1.43. The molecule has 5 nitrogen and oxygen atoms in total. The molecule has 0 fully saturated rings. The van der Waals surface area contributed by atoms with Crippen LogP contribution in [-0.2, 0) is 13.2 Å². The standard InChI is InChI=1S/C20H18FNO4.C2H6/c1-25-20-7-4-14(8-19(20)21)13-2-5-15(6-3-13)22-11-17-9-16(24)10-18(12-23)26-17;1-2/h2-10,22-23H,11-12H2,1H3;1-2H3. The molecule has 1 aromatic heterocycles. The minimum absolute atomic E-state index is 0.207. The fraction of sp³-hybridized carbons (Fsp3) is 0.227. The summed E-state index contributed by atoms with van der Waals surface area (Å²) in [4.78, 5) is 11.5. The van der Waals surface area contributed by atoms with Gasteiger partial charge in [-0.15, -0.1) is 0 Å². The molecule has 0 unspecified atom stereocenters. The van der Waals surface area contributed by atoms with Crippen molar-refractivity contribution in [2.45, 2.75) is 27.0 Å². The lowest BCUT2D eigenvalue weighted by Gasteiger charge is -2.09. The molecule has 3 aromatic rings. The van der Waals surface area contributed by atoms with E-state index in [9.17, 15) is 9.18 Å². The molecule has 3 rings (SSSR count). The Kier molecular flexibility index (Phi) is 7.77. The van der Waals surface area contributed by atoms with Crippen molar-refractivity contribution in [1.29, 1.82) is 0 Å². The zero-order valence-electron chi connectivity index (χ0n) is 16.2. The first-order valence-electron chi connectivity index (χ1n) is 9.00. The summed E-state index contributed by atoms with van der Waals surface area (Å²) in [5, 5.41) is 12.2. The minimum Gasteiger partial charge on any atom is -0.494 e. The molecule has 0 saturated carbocycles. The predicted molar refractivity (Wildman–Crippen MR) is 108 cm³/mol. The Labute approximate surface area is 163 Å². The van der Waals surface area contributed by atoms with E-state index in [4.69, 9.17) is 14.3 Å². The smallest absolute Gasteiger partial charge is 0.185 e. The van der Waals surface area contributed by atoms with Crippen LogP contribution in [0.5, 0.6) is 5.75 Å². The van der Waals surface area contributed by atoms with Crippen LogP contribution < -0.4 is 15.5 Å². The summed E-state index contributed by atoms with van der Waals surface area (Å²) in [6.45, 7) is 3.98. The average Bonchev–Trinajstić information content (AvgIpc) is 2.73. The lowest BCUT2D eigenvalue weighted by Crippen LogP contribution is -2.06. The van der Waals surface area contributed by atoms with Crippen molar-refractivity contribution in [3.8, 4) is 16.9 Å². The monoisotopic (exact) mass is 385 g/mol. The van der Waals surface area contributed by atoms with Crippen LogP contribution in [0.3, 0.4) is 0 Å². The summed E-state index contributed by atoms with van der Waals surface area (Å²) in [5.41, 5.74) is 2.22. The van der Waals surface area contributed by atoms with Gasteiger partial charge in [0, 0.05) is 17.8 Å². The molecule has 0 radical (unpaired) electrons. The molecule has 6 heteroatoms. The highest BCUT2D eigenvalue weighted by molar-refractivity contribution is 5.66. The second kappa shape index (κ2) is 10.3. The van der Waals surface area contributed by atoms with Gasteiger partial charge < -0.3 is 19.6 Å². The van der Waals surface area contributed by atoms with Crippen molar-refractivity contribution < 1.29 is 18.7 Å². The van der Waals surface area contributed by atoms with Crippen LogP contribution in [0.1, 0.15) is 25.4 Å². The number of aliphatic hydroxyl groups excluding tert-OH is 1. The molecule has 2 N–H and O–H groups in total. The van der Waals surface area contributed by atoms with Crippen LogP contribution in [0.25, 0.3) is 11.1 Å². The summed E-state index contributed by atoms with van der Waals surface area (Å²) in [6, 6.07) is 14.9. The topological polar surface area (TPSA) is 71.7 Å². The van der Waals surface area contributed by atoms with Crippen LogP contribution >= 0.6 is 0 Å². The molecular formula is C22H24FNO4. The van der Waals surface area contributed by atoms with Crippen LogP contribution in [-0.4, -0.2) is 12.2 Å². The van der Waals surface area contributed by atoms with E-state index in [-0.39, 0.29) is 23.5 Å². The van der Waals surface area contributed by atoms with Crippen LogP contribution in [0.15, 0.2) is 63.8 Å². The Bertz CT molecular complexity index is 951. The van der Waals surface area contributed by atoms with E-state index in [1.54, 1.807) is 12.1 Å². The Morgan fingerprint density at radius 2 is 1.64 bits per heavy atom. The van der Waals surface area contributed by atoms with Crippen LogP contribution in [0.4, 0.5) is 10.1 Å². The third-order valence-corrected chi connectivity index (χ3v) is 3.86. The highest BCUT2D eigenvalue weighted by atomic mass is 19.1. The van der Waals surface area contributed by atoms with Gasteiger partial charge in [0.2, 0.25) is 0 Å². The average molecular weight is 385 g/mol. The predicted octanol–water partition coefficient (Wildman–Crippen LogP) is 4.59. The quantitative estimate of drug-likeness (QED) is 0.650. The van der Waals surface area contributed by atoms with E-state index in [1.165, 1.54) is 25.3 Å². The summed E-state index contributed by atoms with van der Waals surface area (Å²) in [5.74, 6) is 0.457. The van der Waals surface area contributed by atoms with Crippen molar-refractivity contribution in [3.05, 3.63) is 82.2 Å². The molecular weight excluding hydrogens is 361 g/mol. The van der Waals surface area contributed by atoms with Gasteiger partial charge >= 0.3 is 0 Å². The van der Waals surface area contributed by atoms with Gasteiger partial charge in [0.1, 0.15) is 18.1 Å². The number of hydrogen-bond donors (Lipinski definition) is 2. The Balaban J connectivity index is 0.00000136. The van der Waals surface area contributed by atoms with Gasteiger partial charge in [-0.3, -0.25) is 4.79 Å². The fourth-order valence-electron chi connectivity index (χ4n) is 2.57. The number of halogens is 1. The van der Waals surface area contributed by atoms with Crippen LogP contribution in [0.2, 0.25) is 0 Å². The molecule has 1 heterocycles. The van der Waals surface area contributed by atoms with Gasteiger partial charge in [0.15, 0.2) is 17.0 Å². The number of aliphatic hydroxyl groups is 1. The molecule has 0 amide bonds. The number of hydrogen-bond acceptors (Lipinski definition) is 5. The highest BCUT2D eigenvalue weighted by Crippen LogP contribution is 2.26. The van der Waals surface area contributed by atoms with Crippen molar-refractivity contribution in [3.63, 3.8) is 0 Å². The van der Waals surface area contributed by atoms with Crippen LogP contribution in [0, 0.1) is 5.82 Å². The molecule has 148 valence electrons. The zero-order valence-corrected chi connectivity index (χ0v) is 16.2.